The maximum absolute atomic E-state index is 12.1. The number of nitrogens with one attached hydrogen (secondary N) is 1. The highest BCUT2D eigenvalue weighted by atomic mass is 16.2. The molecule has 0 spiro atoms. The molecular weight excluding hydrogens is 240 g/mol. The van der Waals surface area contributed by atoms with E-state index in [1.54, 1.807) is 24.3 Å². The molecule has 0 aromatic heterocycles. The molecule has 2 unspecified atom stereocenters. The smallest absolute Gasteiger partial charge is 0.321 e. The van der Waals surface area contributed by atoms with Crippen molar-refractivity contribution in [1.82, 2.24) is 4.90 Å². The number of hydrogen-bond donors (Lipinski definition) is 1. The van der Waals surface area contributed by atoms with Crippen molar-refractivity contribution in [2.75, 3.05) is 18.4 Å². The van der Waals surface area contributed by atoms with Crippen LogP contribution < -0.4 is 5.32 Å². The Bertz CT molecular complexity index is 489. The van der Waals surface area contributed by atoms with Crippen LogP contribution in [0.5, 0.6) is 0 Å². The van der Waals surface area contributed by atoms with Crippen LogP contribution in [-0.2, 0) is 0 Å². The van der Waals surface area contributed by atoms with Crippen molar-refractivity contribution >= 4 is 17.5 Å². The molecule has 1 aromatic carbocycles. The number of carbonyl (C=O) groups is 2. The molecule has 1 aliphatic heterocycles. The van der Waals surface area contributed by atoms with E-state index in [1.807, 2.05) is 4.90 Å². The Morgan fingerprint density at radius 3 is 2.42 bits per heavy atom. The molecule has 4 heteroatoms. The van der Waals surface area contributed by atoms with Gasteiger partial charge in [0.15, 0.2) is 5.78 Å². The third-order valence-corrected chi connectivity index (χ3v) is 3.80. The highest BCUT2D eigenvalue weighted by Gasteiger charge is 2.29. The third kappa shape index (κ3) is 3.13. The molecule has 2 atom stereocenters. The number of hydrogen-bond acceptors (Lipinski definition) is 2. The number of Topliss-reactive ketones (excluding diaryl/α,β-unsaturated/α-hetero) is 1. The molecule has 1 saturated heterocycles. The van der Waals surface area contributed by atoms with E-state index in [2.05, 4.69) is 19.2 Å². The summed E-state index contributed by atoms with van der Waals surface area (Å²) in [5.74, 6) is 1.07. The van der Waals surface area contributed by atoms with Crippen molar-refractivity contribution in [3.63, 3.8) is 0 Å². The van der Waals surface area contributed by atoms with Gasteiger partial charge in [-0.05, 0) is 30.9 Å². The first-order chi connectivity index (χ1) is 8.97. The zero-order valence-corrected chi connectivity index (χ0v) is 11.6. The number of urea groups is 1. The molecule has 1 N–H and O–H groups in total. The lowest BCUT2D eigenvalue weighted by Gasteiger charge is -2.17. The number of anilines is 1. The van der Waals surface area contributed by atoms with Crippen molar-refractivity contribution < 1.29 is 9.59 Å². The SMILES string of the molecule is CC(=O)c1cccc(NC(=O)N2CC(C)C(C)C2)c1. The zero-order chi connectivity index (χ0) is 14.0. The van der Waals surface area contributed by atoms with Crippen LogP contribution >= 0.6 is 0 Å². The molecule has 0 aliphatic carbocycles. The van der Waals surface area contributed by atoms with Crippen molar-refractivity contribution in [2.45, 2.75) is 20.8 Å². The van der Waals surface area contributed by atoms with E-state index in [4.69, 9.17) is 0 Å². The van der Waals surface area contributed by atoms with E-state index in [0.717, 1.165) is 13.1 Å². The van der Waals surface area contributed by atoms with E-state index >= 15 is 0 Å². The number of likely N-dealkylation sites (tertiary alicyclic amines) is 1. The molecule has 1 heterocycles. The van der Waals surface area contributed by atoms with Gasteiger partial charge in [-0.25, -0.2) is 4.79 Å². The van der Waals surface area contributed by atoms with Gasteiger partial charge in [-0.15, -0.1) is 0 Å². The van der Waals surface area contributed by atoms with Crippen LogP contribution in [0, 0.1) is 11.8 Å². The van der Waals surface area contributed by atoms with Gasteiger partial charge in [-0.3, -0.25) is 4.79 Å². The van der Waals surface area contributed by atoms with Crippen molar-refractivity contribution in [2.24, 2.45) is 11.8 Å². The molecule has 2 rings (SSSR count). The predicted molar refractivity (Wildman–Crippen MR) is 75.4 cm³/mol. The summed E-state index contributed by atoms with van der Waals surface area (Å²) in [7, 11) is 0. The van der Waals surface area contributed by atoms with Crippen LogP contribution in [0.4, 0.5) is 10.5 Å². The number of carbonyl (C=O) groups excluding carboxylic acids is 2. The van der Waals surface area contributed by atoms with Crippen molar-refractivity contribution in [3.8, 4) is 0 Å². The van der Waals surface area contributed by atoms with Gasteiger partial charge < -0.3 is 10.2 Å². The molecule has 0 bridgehead atoms. The minimum absolute atomic E-state index is 0.000448. The molecule has 0 radical (unpaired) electrons. The van der Waals surface area contributed by atoms with Gasteiger partial charge in [-0.2, -0.15) is 0 Å². The summed E-state index contributed by atoms with van der Waals surface area (Å²) in [5.41, 5.74) is 1.28. The quantitative estimate of drug-likeness (QED) is 0.831. The van der Waals surface area contributed by atoms with Gasteiger partial charge in [0.05, 0.1) is 0 Å². The minimum atomic E-state index is -0.0862. The summed E-state index contributed by atoms with van der Waals surface area (Å²) in [6.07, 6.45) is 0. The Labute approximate surface area is 113 Å². The molecule has 4 nitrogen and oxygen atoms in total. The van der Waals surface area contributed by atoms with E-state index in [-0.39, 0.29) is 11.8 Å². The highest BCUT2D eigenvalue weighted by Crippen LogP contribution is 2.23. The standard InChI is InChI=1S/C15H20N2O2/c1-10-8-17(9-11(10)2)15(19)16-14-6-4-5-13(7-14)12(3)18/h4-7,10-11H,8-9H2,1-3H3,(H,16,19). The number of benzene rings is 1. The van der Waals surface area contributed by atoms with Gasteiger partial charge in [0.1, 0.15) is 0 Å². The average molecular weight is 260 g/mol. The van der Waals surface area contributed by atoms with Gasteiger partial charge in [0.25, 0.3) is 0 Å². The van der Waals surface area contributed by atoms with Gasteiger partial charge in [0.2, 0.25) is 0 Å². The summed E-state index contributed by atoms with van der Waals surface area (Å²) < 4.78 is 0. The summed E-state index contributed by atoms with van der Waals surface area (Å²) in [5, 5.41) is 2.86. The minimum Gasteiger partial charge on any atom is -0.324 e. The number of rotatable bonds is 2. The van der Waals surface area contributed by atoms with E-state index in [9.17, 15) is 9.59 Å². The van der Waals surface area contributed by atoms with Crippen LogP contribution in [0.15, 0.2) is 24.3 Å². The molecular formula is C15H20N2O2. The first-order valence-electron chi connectivity index (χ1n) is 6.64. The Hall–Kier alpha value is -1.84. The Kier molecular flexibility index (Phi) is 3.88. The first-order valence-corrected chi connectivity index (χ1v) is 6.64. The summed E-state index contributed by atoms with van der Waals surface area (Å²) in [6.45, 7) is 7.42. The maximum Gasteiger partial charge on any atom is 0.321 e. The molecule has 1 aromatic rings. The third-order valence-electron chi connectivity index (χ3n) is 3.80. The Balaban J connectivity index is 2.03. The van der Waals surface area contributed by atoms with Gasteiger partial charge >= 0.3 is 6.03 Å². The second-order valence-electron chi connectivity index (χ2n) is 5.43. The van der Waals surface area contributed by atoms with E-state index in [0.29, 0.717) is 23.1 Å². The molecule has 0 saturated carbocycles. The second-order valence-corrected chi connectivity index (χ2v) is 5.43. The lowest BCUT2D eigenvalue weighted by atomic mass is 10.0. The van der Waals surface area contributed by atoms with Crippen LogP contribution in [0.2, 0.25) is 0 Å². The van der Waals surface area contributed by atoms with Crippen molar-refractivity contribution in [1.29, 1.82) is 0 Å². The van der Waals surface area contributed by atoms with E-state index in [1.165, 1.54) is 6.92 Å². The van der Waals surface area contributed by atoms with Crippen LogP contribution in [0.3, 0.4) is 0 Å². The van der Waals surface area contributed by atoms with Crippen LogP contribution in [0.25, 0.3) is 0 Å². The molecule has 1 aliphatic rings. The number of ketones is 1. The summed E-state index contributed by atoms with van der Waals surface area (Å²) >= 11 is 0. The number of nitrogens with zero attached hydrogens (tertiary/aromatic N) is 1. The zero-order valence-electron chi connectivity index (χ0n) is 11.6. The molecule has 19 heavy (non-hydrogen) atoms. The van der Waals surface area contributed by atoms with Gasteiger partial charge in [0, 0.05) is 24.3 Å². The normalized spacial score (nSPS) is 22.4. The first kappa shape index (κ1) is 13.6. The van der Waals surface area contributed by atoms with Crippen molar-refractivity contribution in [3.05, 3.63) is 29.8 Å². The lowest BCUT2D eigenvalue weighted by Crippen LogP contribution is -2.33. The highest BCUT2D eigenvalue weighted by molar-refractivity contribution is 5.96. The molecule has 102 valence electrons. The lowest BCUT2D eigenvalue weighted by molar-refractivity contribution is 0.101. The maximum atomic E-state index is 12.1. The molecule has 2 amide bonds. The summed E-state index contributed by atoms with van der Waals surface area (Å²) in [4.78, 5) is 25.2. The van der Waals surface area contributed by atoms with Crippen LogP contribution in [-0.4, -0.2) is 29.8 Å². The monoisotopic (exact) mass is 260 g/mol. The Morgan fingerprint density at radius 2 is 1.84 bits per heavy atom. The fraction of sp³-hybridized carbons (Fsp3) is 0.467. The Morgan fingerprint density at radius 1 is 1.21 bits per heavy atom. The van der Waals surface area contributed by atoms with E-state index < -0.39 is 0 Å². The fourth-order valence-electron chi connectivity index (χ4n) is 2.31. The summed E-state index contributed by atoms with van der Waals surface area (Å²) in [6, 6.07) is 6.95. The second kappa shape index (κ2) is 5.43. The molecule has 1 fully saturated rings. The van der Waals surface area contributed by atoms with Gasteiger partial charge in [-0.1, -0.05) is 26.0 Å². The fourth-order valence-corrected chi connectivity index (χ4v) is 2.31. The largest absolute Gasteiger partial charge is 0.324 e. The number of amides is 2. The average Bonchev–Trinajstić information content (AvgIpc) is 2.70. The van der Waals surface area contributed by atoms with Crippen LogP contribution in [0.1, 0.15) is 31.1 Å². The topological polar surface area (TPSA) is 49.4 Å². The predicted octanol–water partition coefficient (Wildman–Crippen LogP) is 3.01.